The third-order valence-electron chi connectivity index (χ3n) is 9.39. The number of imidazole rings is 1. The van der Waals surface area contributed by atoms with Crippen LogP contribution in [0.25, 0.3) is 22.6 Å². The van der Waals surface area contributed by atoms with Gasteiger partial charge in [-0.05, 0) is 78.5 Å². The summed E-state index contributed by atoms with van der Waals surface area (Å²) in [6, 6.07) is 22.4. The summed E-state index contributed by atoms with van der Waals surface area (Å²) in [6.45, 7) is 13.2. The summed E-state index contributed by atoms with van der Waals surface area (Å²) in [5, 5.41) is 12.6. The number of benzene rings is 3. The van der Waals surface area contributed by atoms with E-state index in [1.165, 1.54) is 0 Å². The molecule has 0 atom stereocenters. The van der Waals surface area contributed by atoms with E-state index in [1.54, 1.807) is 7.11 Å². The number of aromatic nitrogens is 5. The van der Waals surface area contributed by atoms with Gasteiger partial charge in [-0.15, -0.1) is 0 Å². The molecule has 3 aromatic heterocycles. The van der Waals surface area contributed by atoms with Crippen LogP contribution in [0.2, 0.25) is 0 Å². The summed E-state index contributed by atoms with van der Waals surface area (Å²) in [5.41, 5.74) is 9.44. The first-order valence-electron chi connectivity index (χ1n) is 16.8. The van der Waals surface area contributed by atoms with Crippen molar-refractivity contribution in [2.24, 2.45) is 0 Å². The van der Waals surface area contributed by atoms with Gasteiger partial charge in [0.15, 0.2) is 0 Å². The van der Waals surface area contributed by atoms with Gasteiger partial charge in [0.25, 0.3) is 5.91 Å². The Morgan fingerprint density at radius 1 is 0.939 bits per heavy atom. The number of piperazine rings is 1. The zero-order valence-electron chi connectivity index (χ0n) is 29.1. The van der Waals surface area contributed by atoms with Gasteiger partial charge in [-0.3, -0.25) is 14.0 Å². The lowest BCUT2D eigenvalue weighted by atomic mass is 9.85. The van der Waals surface area contributed by atoms with Crippen LogP contribution in [0.1, 0.15) is 47.8 Å². The van der Waals surface area contributed by atoms with Gasteiger partial charge in [-0.2, -0.15) is 10.2 Å². The van der Waals surface area contributed by atoms with E-state index in [0.29, 0.717) is 12.1 Å². The second-order valence-electron chi connectivity index (χ2n) is 14.0. The highest BCUT2D eigenvalue weighted by atomic mass is 16.5. The lowest BCUT2D eigenvalue weighted by Crippen LogP contribution is -2.44. The van der Waals surface area contributed by atoms with E-state index in [4.69, 9.17) is 9.84 Å². The highest BCUT2D eigenvalue weighted by Gasteiger charge is 2.22. The molecular formula is C39H44N8O2. The molecule has 1 aliphatic heterocycles. The van der Waals surface area contributed by atoms with Gasteiger partial charge >= 0.3 is 0 Å². The SMILES string of the molecule is COc1ccc(Cn2cc(-c3cc4n(-c5cc(NC(=O)c6cc(N7CCN(C)CC7)cc(C(C)(C)C)c6)ccc5C)ccn4n3)cn2)cc1. The molecule has 1 aliphatic rings. The third-order valence-corrected chi connectivity index (χ3v) is 9.39. The first kappa shape index (κ1) is 32.2. The standard InChI is InChI=1S/C39H44N8O2/c1-27-7-10-32(41-38(48)29-19-31(39(2,3)4)21-33(20-29)44-15-13-43(5)14-16-44)22-36(27)46-17-18-47-37(46)23-35(42-47)30-24-40-45(26-30)25-28-8-11-34(49-6)12-9-28/h7-12,17-24,26H,13-16,25H2,1-6H3,(H,41,48). The fourth-order valence-electron chi connectivity index (χ4n) is 6.30. The summed E-state index contributed by atoms with van der Waals surface area (Å²) in [6.07, 6.45) is 7.81. The summed E-state index contributed by atoms with van der Waals surface area (Å²) in [7, 11) is 3.82. The number of carbonyl (C=O) groups excluding carboxylic acids is 1. The minimum Gasteiger partial charge on any atom is -0.497 e. The van der Waals surface area contributed by atoms with E-state index in [1.807, 2.05) is 88.6 Å². The van der Waals surface area contributed by atoms with E-state index >= 15 is 0 Å². The second kappa shape index (κ2) is 12.9. The van der Waals surface area contributed by atoms with E-state index in [-0.39, 0.29) is 11.3 Å². The Morgan fingerprint density at radius 3 is 2.45 bits per heavy atom. The van der Waals surface area contributed by atoms with Crippen molar-refractivity contribution in [3.8, 4) is 22.7 Å². The van der Waals surface area contributed by atoms with Gasteiger partial charge < -0.3 is 19.9 Å². The molecule has 1 fully saturated rings. The molecule has 6 aromatic rings. The predicted octanol–water partition coefficient (Wildman–Crippen LogP) is 6.66. The number of fused-ring (bicyclic) bond motifs is 1. The number of amides is 1. The number of carbonyl (C=O) groups is 1. The minimum atomic E-state index is -0.118. The first-order chi connectivity index (χ1) is 23.5. The van der Waals surface area contributed by atoms with Crippen LogP contribution in [0.5, 0.6) is 5.75 Å². The number of aryl methyl sites for hydroxylation is 1. The number of likely N-dealkylation sites (N-methyl/N-ethyl adjacent to an activating group) is 1. The highest BCUT2D eigenvalue weighted by molar-refractivity contribution is 6.05. The number of ether oxygens (including phenoxy) is 1. The van der Waals surface area contributed by atoms with Gasteiger partial charge in [0.1, 0.15) is 11.4 Å². The van der Waals surface area contributed by atoms with Crippen molar-refractivity contribution in [3.63, 3.8) is 0 Å². The zero-order chi connectivity index (χ0) is 34.3. The Hall–Kier alpha value is -5.35. The van der Waals surface area contributed by atoms with Crippen molar-refractivity contribution >= 4 is 22.9 Å². The van der Waals surface area contributed by atoms with Gasteiger partial charge in [-0.1, -0.05) is 39.0 Å². The maximum Gasteiger partial charge on any atom is 0.255 e. The quantitative estimate of drug-likeness (QED) is 0.197. The molecule has 252 valence electrons. The second-order valence-corrected chi connectivity index (χ2v) is 14.0. The smallest absolute Gasteiger partial charge is 0.255 e. The predicted molar refractivity (Wildman–Crippen MR) is 195 cm³/mol. The summed E-state index contributed by atoms with van der Waals surface area (Å²) < 4.78 is 11.2. The van der Waals surface area contributed by atoms with Crippen molar-refractivity contribution in [1.29, 1.82) is 0 Å². The Bertz CT molecular complexity index is 2110. The van der Waals surface area contributed by atoms with Crippen LogP contribution in [-0.2, 0) is 12.0 Å². The number of methoxy groups -OCH3 is 1. The van der Waals surface area contributed by atoms with Crippen LogP contribution in [0.3, 0.4) is 0 Å². The van der Waals surface area contributed by atoms with E-state index < -0.39 is 0 Å². The molecule has 0 radical (unpaired) electrons. The van der Waals surface area contributed by atoms with E-state index in [9.17, 15) is 4.79 Å². The number of rotatable bonds is 8. The number of hydrogen-bond acceptors (Lipinski definition) is 6. The topological polar surface area (TPSA) is 84.9 Å². The highest BCUT2D eigenvalue weighted by Crippen LogP contribution is 2.30. The average molecular weight is 657 g/mol. The number of anilines is 2. The Kier molecular flexibility index (Phi) is 8.50. The molecular weight excluding hydrogens is 612 g/mol. The summed E-state index contributed by atoms with van der Waals surface area (Å²) in [5.74, 6) is 0.714. The Labute approximate surface area is 287 Å². The third kappa shape index (κ3) is 6.82. The van der Waals surface area contributed by atoms with Crippen LogP contribution >= 0.6 is 0 Å². The van der Waals surface area contributed by atoms with Gasteiger partial charge in [0.05, 0.1) is 31.2 Å². The van der Waals surface area contributed by atoms with Crippen molar-refractivity contribution in [1.82, 2.24) is 28.9 Å². The molecule has 49 heavy (non-hydrogen) atoms. The molecule has 0 spiro atoms. The molecule has 4 heterocycles. The molecule has 1 amide bonds. The molecule has 10 nitrogen and oxygen atoms in total. The Balaban J connectivity index is 1.13. The zero-order valence-corrected chi connectivity index (χ0v) is 29.1. The molecule has 0 saturated carbocycles. The summed E-state index contributed by atoms with van der Waals surface area (Å²) >= 11 is 0. The van der Waals surface area contributed by atoms with Crippen LogP contribution in [0.15, 0.2) is 91.5 Å². The normalized spacial score (nSPS) is 14.0. The van der Waals surface area contributed by atoms with Crippen LogP contribution < -0.4 is 15.0 Å². The van der Waals surface area contributed by atoms with Crippen LogP contribution in [0, 0.1) is 6.92 Å². The lowest BCUT2D eigenvalue weighted by Gasteiger charge is -2.35. The van der Waals surface area contributed by atoms with Crippen LogP contribution in [0.4, 0.5) is 11.4 Å². The molecule has 1 saturated heterocycles. The molecule has 1 N–H and O–H groups in total. The molecule has 0 unspecified atom stereocenters. The molecule has 10 heteroatoms. The van der Waals surface area contributed by atoms with Crippen molar-refractivity contribution in [2.45, 2.75) is 39.7 Å². The fraction of sp³-hybridized carbons (Fsp3) is 0.308. The lowest BCUT2D eigenvalue weighted by molar-refractivity contribution is 0.102. The first-order valence-corrected chi connectivity index (χ1v) is 16.8. The maximum absolute atomic E-state index is 13.8. The molecule has 3 aromatic carbocycles. The average Bonchev–Trinajstić information content (AvgIpc) is 3.82. The molecule has 0 aliphatic carbocycles. The molecule has 0 bridgehead atoms. The van der Waals surface area contributed by atoms with E-state index in [0.717, 1.165) is 82.6 Å². The number of nitrogens with one attached hydrogen (secondary N) is 1. The Morgan fingerprint density at radius 2 is 1.71 bits per heavy atom. The number of hydrogen-bond donors (Lipinski definition) is 1. The van der Waals surface area contributed by atoms with Crippen molar-refractivity contribution < 1.29 is 9.53 Å². The number of nitrogens with zero attached hydrogens (tertiary/aromatic N) is 7. The monoisotopic (exact) mass is 656 g/mol. The fourth-order valence-corrected chi connectivity index (χ4v) is 6.30. The largest absolute Gasteiger partial charge is 0.497 e. The van der Waals surface area contributed by atoms with Crippen molar-refractivity contribution in [2.75, 3.05) is 50.6 Å². The molecule has 7 rings (SSSR count). The van der Waals surface area contributed by atoms with Crippen molar-refractivity contribution in [3.05, 3.63) is 114 Å². The van der Waals surface area contributed by atoms with Crippen LogP contribution in [-0.4, -0.2) is 75.1 Å². The van der Waals surface area contributed by atoms with Gasteiger partial charge in [0, 0.05) is 73.3 Å². The van der Waals surface area contributed by atoms with Gasteiger partial charge in [0.2, 0.25) is 0 Å². The summed E-state index contributed by atoms with van der Waals surface area (Å²) in [4.78, 5) is 18.5. The maximum atomic E-state index is 13.8. The van der Waals surface area contributed by atoms with Gasteiger partial charge in [-0.25, -0.2) is 4.52 Å². The van der Waals surface area contributed by atoms with E-state index in [2.05, 4.69) is 71.7 Å². The minimum absolute atomic E-state index is 0.0895.